The highest BCUT2D eigenvalue weighted by Crippen LogP contribution is 2.18. The minimum absolute atomic E-state index is 0.0902. The smallest absolute Gasteiger partial charge is 0.228 e. The largest absolute Gasteiger partial charge is 0.478 e. The van der Waals surface area contributed by atoms with Gasteiger partial charge in [-0.1, -0.05) is 5.16 Å². The normalized spacial score (nSPS) is 15.2. The highest BCUT2D eigenvalue weighted by Gasteiger charge is 2.23. The molecule has 0 saturated carbocycles. The van der Waals surface area contributed by atoms with E-state index in [-0.39, 0.29) is 11.9 Å². The molecule has 0 spiro atoms. The monoisotopic (exact) mass is 345 g/mol. The summed E-state index contributed by atoms with van der Waals surface area (Å²) < 4.78 is 10.4. The van der Waals surface area contributed by atoms with Crippen molar-refractivity contribution in [3.63, 3.8) is 0 Å². The summed E-state index contributed by atoms with van der Waals surface area (Å²) in [7, 11) is 0. The lowest BCUT2D eigenvalue weighted by atomic mass is 10.0. The Hall–Kier alpha value is -2.64. The van der Waals surface area contributed by atoms with Crippen LogP contribution in [0.5, 0.6) is 5.88 Å². The number of carbonyl (C=O) groups excluding carboxylic acids is 1. The minimum atomic E-state index is 0.0902. The highest BCUT2D eigenvalue weighted by atomic mass is 16.5. The second kappa shape index (κ2) is 7.96. The number of nitrogens with one attached hydrogen (secondary N) is 1. The first kappa shape index (κ1) is 17.2. The third-order valence-electron chi connectivity index (χ3n) is 4.14. The Bertz CT molecular complexity index is 710. The number of anilines is 1. The van der Waals surface area contributed by atoms with E-state index in [0.717, 1.165) is 37.5 Å². The van der Waals surface area contributed by atoms with Crippen LogP contribution in [0.2, 0.25) is 0 Å². The minimum Gasteiger partial charge on any atom is -0.478 e. The molecule has 1 fully saturated rings. The van der Waals surface area contributed by atoms with Crippen LogP contribution in [0, 0.1) is 6.92 Å². The Kier molecular flexibility index (Phi) is 5.47. The van der Waals surface area contributed by atoms with Gasteiger partial charge in [0.05, 0.1) is 18.7 Å². The molecule has 1 saturated heterocycles. The molecule has 8 nitrogen and oxygen atoms in total. The molecule has 2 aromatic rings. The van der Waals surface area contributed by atoms with Gasteiger partial charge in [-0.2, -0.15) is 0 Å². The van der Waals surface area contributed by atoms with Crippen molar-refractivity contribution in [2.24, 2.45) is 0 Å². The topological polar surface area (TPSA) is 93.4 Å². The van der Waals surface area contributed by atoms with Crippen LogP contribution in [0.1, 0.15) is 31.2 Å². The second-order valence-electron chi connectivity index (χ2n) is 6.08. The maximum atomic E-state index is 12.3. The van der Waals surface area contributed by atoms with E-state index < -0.39 is 0 Å². The first-order valence-electron chi connectivity index (χ1n) is 8.55. The fraction of sp³-hybridized carbons (Fsp3) is 0.529. The molecule has 1 N–H and O–H groups in total. The van der Waals surface area contributed by atoms with Crippen LogP contribution in [0.25, 0.3) is 0 Å². The summed E-state index contributed by atoms with van der Waals surface area (Å²) in [6.07, 6.45) is 3.53. The summed E-state index contributed by atoms with van der Waals surface area (Å²) in [5, 5.41) is 7.28. The van der Waals surface area contributed by atoms with Gasteiger partial charge in [0.1, 0.15) is 17.9 Å². The fourth-order valence-corrected chi connectivity index (χ4v) is 2.90. The van der Waals surface area contributed by atoms with Crippen LogP contribution in [-0.2, 0) is 11.2 Å². The average molecular weight is 345 g/mol. The van der Waals surface area contributed by atoms with Crippen LogP contribution >= 0.6 is 0 Å². The number of hydrogen-bond donors (Lipinski definition) is 1. The van der Waals surface area contributed by atoms with E-state index >= 15 is 0 Å². The van der Waals surface area contributed by atoms with Crippen molar-refractivity contribution in [1.29, 1.82) is 0 Å². The van der Waals surface area contributed by atoms with E-state index in [4.69, 9.17) is 9.26 Å². The lowest BCUT2D eigenvalue weighted by molar-refractivity contribution is -0.131. The zero-order chi connectivity index (χ0) is 17.6. The maximum Gasteiger partial charge on any atom is 0.228 e. The third-order valence-corrected chi connectivity index (χ3v) is 4.14. The van der Waals surface area contributed by atoms with Crippen LogP contribution in [0.3, 0.4) is 0 Å². The Morgan fingerprint density at radius 1 is 1.36 bits per heavy atom. The SMILES string of the molecule is CCOc1cc(NC2CCN(C(=O)Cc3cc(C)on3)CC2)ncn1. The summed E-state index contributed by atoms with van der Waals surface area (Å²) >= 11 is 0. The number of carbonyl (C=O) groups is 1. The fourth-order valence-electron chi connectivity index (χ4n) is 2.90. The summed E-state index contributed by atoms with van der Waals surface area (Å²) in [6, 6.07) is 3.88. The first-order valence-corrected chi connectivity index (χ1v) is 8.55. The molecule has 8 heteroatoms. The van der Waals surface area contributed by atoms with Crippen LogP contribution in [-0.4, -0.2) is 51.7 Å². The van der Waals surface area contributed by atoms with Gasteiger partial charge < -0.3 is 19.5 Å². The number of aromatic nitrogens is 3. The summed E-state index contributed by atoms with van der Waals surface area (Å²) in [6.45, 7) is 5.75. The standard InChI is InChI=1S/C17H23N5O3/c1-3-24-16-10-15(18-11-19-16)20-13-4-6-22(7-5-13)17(23)9-14-8-12(2)25-21-14/h8,10-11,13H,3-7,9H2,1-2H3,(H,18,19,20). The Morgan fingerprint density at radius 3 is 2.84 bits per heavy atom. The molecule has 1 amide bonds. The molecule has 0 bridgehead atoms. The summed E-state index contributed by atoms with van der Waals surface area (Å²) in [5.41, 5.74) is 0.687. The highest BCUT2D eigenvalue weighted by molar-refractivity contribution is 5.78. The first-order chi connectivity index (χ1) is 12.1. The molecular formula is C17H23N5O3. The van der Waals surface area contributed by atoms with Crippen molar-refractivity contribution in [2.45, 2.75) is 39.2 Å². The van der Waals surface area contributed by atoms with Crippen molar-refractivity contribution in [2.75, 3.05) is 25.0 Å². The number of nitrogens with zero attached hydrogens (tertiary/aromatic N) is 4. The van der Waals surface area contributed by atoms with Crippen molar-refractivity contribution >= 4 is 11.7 Å². The number of rotatable bonds is 6. The third kappa shape index (κ3) is 4.68. The molecule has 0 unspecified atom stereocenters. The molecule has 134 valence electrons. The molecule has 0 aromatic carbocycles. The van der Waals surface area contributed by atoms with E-state index in [1.54, 1.807) is 12.1 Å². The molecule has 0 radical (unpaired) electrons. The van der Waals surface area contributed by atoms with Gasteiger partial charge in [0.2, 0.25) is 11.8 Å². The zero-order valence-electron chi connectivity index (χ0n) is 14.6. The van der Waals surface area contributed by atoms with Crippen molar-refractivity contribution in [3.05, 3.63) is 29.9 Å². The predicted molar refractivity (Wildman–Crippen MR) is 91.4 cm³/mol. The van der Waals surface area contributed by atoms with Crippen LogP contribution in [0.4, 0.5) is 5.82 Å². The number of piperidine rings is 1. The molecule has 25 heavy (non-hydrogen) atoms. The van der Waals surface area contributed by atoms with Gasteiger partial charge in [-0.3, -0.25) is 4.79 Å². The van der Waals surface area contributed by atoms with E-state index in [9.17, 15) is 4.79 Å². The molecule has 0 atom stereocenters. The van der Waals surface area contributed by atoms with Crippen molar-refractivity contribution in [3.8, 4) is 5.88 Å². The summed E-state index contributed by atoms with van der Waals surface area (Å²) in [5.74, 6) is 2.13. The Labute approximate surface area is 146 Å². The van der Waals surface area contributed by atoms with Gasteiger partial charge in [-0.25, -0.2) is 9.97 Å². The van der Waals surface area contributed by atoms with E-state index in [2.05, 4.69) is 20.4 Å². The number of amides is 1. The lowest BCUT2D eigenvalue weighted by Gasteiger charge is -2.32. The van der Waals surface area contributed by atoms with Crippen LogP contribution in [0.15, 0.2) is 23.0 Å². The summed E-state index contributed by atoms with van der Waals surface area (Å²) in [4.78, 5) is 22.5. The number of likely N-dealkylation sites (tertiary alicyclic amines) is 1. The van der Waals surface area contributed by atoms with Crippen LogP contribution < -0.4 is 10.1 Å². The number of aryl methyl sites for hydroxylation is 1. The van der Waals surface area contributed by atoms with E-state index in [1.165, 1.54) is 6.33 Å². The van der Waals surface area contributed by atoms with Gasteiger partial charge in [-0.15, -0.1) is 0 Å². The molecule has 3 rings (SSSR count). The van der Waals surface area contributed by atoms with Crippen molar-refractivity contribution in [1.82, 2.24) is 20.0 Å². The molecule has 2 aromatic heterocycles. The van der Waals surface area contributed by atoms with Gasteiger partial charge in [-0.05, 0) is 26.7 Å². The van der Waals surface area contributed by atoms with Gasteiger partial charge >= 0.3 is 0 Å². The maximum absolute atomic E-state index is 12.3. The van der Waals surface area contributed by atoms with Gasteiger partial charge in [0.15, 0.2) is 0 Å². The average Bonchev–Trinajstić information content (AvgIpc) is 3.01. The molecule has 1 aliphatic rings. The zero-order valence-corrected chi connectivity index (χ0v) is 14.6. The van der Waals surface area contributed by atoms with Crippen molar-refractivity contribution < 1.29 is 14.1 Å². The molecular weight excluding hydrogens is 322 g/mol. The second-order valence-corrected chi connectivity index (χ2v) is 6.08. The Morgan fingerprint density at radius 2 is 2.16 bits per heavy atom. The molecule has 3 heterocycles. The molecule has 1 aliphatic heterocycles. The van der Waals surface area contributed by atoms with Gasteiger partial charge in [0.25, 0.3) is 0 Å². The van der Waals surface area contributed by atoms with E-state index in [0.29, 0.717) is 24.6 Å². The Balaban J connectivity index is 1.48. The molecule has 0 aliphatic carbocycles. The quantitative estimate of drug-likeness (QED) is 0.853. The number of hydrogen-bond acceptors (Lipinski definition) is 7. The number of ether oxygens (including phenoxy) is 1. The predicted octanol–water partition coefficient (Wildman–Crippen LogP) is 1.82. The lowest BCUT2D eigenvalue weighted by Crippen LogP contribution is -2.43. The van der Waals surface area contributed by atoms with E-state index in [1.807, 2.05) is 18.7 Å². The van der Waals surface area contributed by atoms with Gasteiger partial charge in [0, 0.05) is 31.3 Å².